The SMILES string of the molecule is COc1ccc([C@@H]2Nc3ccccc3-c3nnc(SCc4ccccc4)nc3O2)cc1OC. The topological polar surface area (TPSA) is 78.4 Å². The highest BCUT2D eigenvalue weighted by molar-refractivity contribution is 7.98. The van der Waals surface area contributed by atoms with Gasteiger partial charge in [-0.2, -0.15) is 4.98 Å². The first-order valence-corrected chi connectivity index (χ1v) is 11.4. The molecule has 8 heteroatoms. The fourth-order valence-electron chi connectivity index (χ4n) is 3.60. The Morgan fingerprint density at radius 1 is 0.909 bits per heavy atom. The number of nitrogens with zero attached hydrogens (tertiary/aromatic N) is 3. The summed E-state index contributed by atoms with van der Waals surface area (Å²) < 4.78 is 17.2. The molecule has 0 radical (unpaired) electrons. The molecule has 1 aromatic heterocycles. The lowest BCUT2D eigenvalue weighted by Gasteiger charge is -2.20. The van der Waals surface area contributed by atoms with Crippen LogP contribution in [0.5, 0.6) is 17.4 Å². The van der Waals surface area contributed by atoms with Crippen LogP contribution in [0.15, 0.2) is 78.0 Å². The lowest BCUT2D eigenvalue weighted by molar-refractivity contribution is 0.224. The first-order valence-electron chi connectivity index (χ1n) is 10.4. The summed E-state index contributed by atoms with van der Waals surface area (Å²) >= 11 is 1.52. The molecule has 0 aliphatic carbocycles. The Labute approximate surface area is 196 Å². The smallest absolute Gasteiger partial charge is 0.247 e. The van der Waals surface area contributed by atoms with Gasteiger partial charge in [0.2, 0.25) is 11.0 Å². The van der Waals surface area contributed by atoms with Crippen molar-refractivity contribution in [2.24, 2.45) is 0 Å². The molecule has 1 N–H and O–H groups in total. The Balaban J connectivity index is 1.50. The van der Waals surface area contributed by atoms with Crippen molar-refractivity contribution in [3.8, 4) is 28.6 Å². The molecule has 1 aliphatic rings. The van der Waals surface area contributed by atoms with Gasteiger partial charge in [0, 0.05) is 22.6 Å². The van der Waals surface area contributed by atoms with Crippen molar-refractivity contribution in [2.75, 3.05) is 19.5 Å². The maximum atomic E-state index is 6.36. The molecule has 33 heavy (non-hydrogen) atoms. The average Bonchev–Trinajstić information content (AvgIpc) is 3.04. The minimum Gasteiger partial charge on any atom is -0.493 e. The van der Waals surface area contributed by atoms with Gasteiger partial charge in [0.05, 0.1) is 14.2 Å². The Kier molecular flexibility index (Phi) is 5.99. The van der Waals surface area contributed by atoms with Crippen LogP contribution in [0.1, 0.15) is 17.4 Å². The molecule has 0 unspecified atom stereocenters. The summed E-state index contributed by atoms with van der Waals surface area (Å²) in [7, 11) is 3.22. The number of rotatable bonds is 6. The molecule has 0 fully saturated rings. The van der Waals surface area contributed by atoms with E-state index in [1.54, 1.807) is 14.2 Å². The maximum Gasteiger partial charge on any atom is 0.247 e. The van der Waals surface area contributed by atoms with Gasteiger partial charge in [0.15, 0.2) is 23.4 Å². The summed E-state index contributed by atoms with van der Waals surface area (Å²) in [5.41, 5.74) is 4.43. The number of methoxy groups -OCH3 is 2. The van der Waals surface area contributed by atoms with E-state index in [4.69, 9.17) is 19.2 Å². The molecule has 1 atom stereocenters. The standard InChI is InChI=1S/C25H22N4O3S/c1-30-20-13-12-17(14-21(20)31-2)23-26-19-11-7-6-10-18(19)22-24(32-23)27-25(29-28-22)33-15-16-8-4-3-5-9-16/h3-14,23,26H,15H2,1-2H3/t23-/m1/s1. The molecule has 7 nitrogen and oxygen atoms in total. The summed E-state index contributed by atoms with van der Waals surface area (Å²) in [5, 5.41) is 12.8. The zero-order chi connectivity index (χ0) is 22.6. The number of benzene rings is 3. The third kappa shape index (κ3) is 4.42. The van der Waals surface area contributed by atoms with Gasteiger partial charge in [-0.3, -0.25) is 0 Å². The molecule has 0 spiro atoms. The van der Waals surface area contributed by atoms with Crippen LogP contribution in [-0.2, 0) is 5.75 Å². The minimum atomic E-state index is -0.504. The van der Waals surface area contributed by atoms with E-state index in [2.05, 4.69) is 27.6 Å². The Bertz CT molecular complexity index is 1270. The van der Waals surface area contributed by atoms with Gasteiger partial charge in [-0.05, 0) is 29.8 Å². The molecular formula is C25H22N4O3S. The molecule has 0 amide bonds. The number of aromatic nitrogens is 3. The van der Waals surface area contributed by atoms with Gasteiger partial charge >= 0.3 is 0 Å². The molecule has 1 aliphatic heterocycles. The number of fused-ring (bicyclic) bond motifs is 3. The highest BCUT2D eigenvalue weighted by Gasteiger charge is 2.26. The zero-order valence-electron chi connectivity index (χ0n) is 18.2. The Morgan fingerprint density at radius 2 is 1.70 bits per heavy atom. The minimum absolute atomic E-state index is 0.429. The summed E-state index contributed by atoms with van der Waals surface area (Å²) in [6.07, 6.45) is -0.504. The van der Waals surface area contributed by atoms with E-state index in [1.165, 1.54) is 17.3 Å². The second-order valence-corrected chi connectivity index (χ2v) is 8.27. The number of para-hydroxylation sites is 1. The van der Waals surface area contributed by atoms with Gasteiger partial charge in [0.25, 0.3) is 0 Å². The first-order chi connectivity index (χ1) is 16.2. The molecule has 0 saturated heterocycles. The van der Waals surface area contributed by atoms with E-state index in [1.807, 2.05) is 60.7 Å². The number of nitrogens with one attached hydrogen (secondary N) is 1. The molecule has 0 saturated carbocycles. The van der Waals surface area contributed by atoms with Crippen molar-refractivity contribution < 1.29 is 14.2 Å². The molecule has 3 aromatic carbocycles. The van der Waals surface area contributed by atoms with Crippen LogP contribution >= 0.6 is 11.8 Å². The highest BCUT2D eigenvalue weighted by Crippen LogP contribution is 2.40. The monoisotopic (exact) mass is 458 g/mol. The van der Waals surface area contributed by atoms with Crippen molar-refractivity contribution in [2.45, 2.75) is 17.1 Å². The van der Waals surface area contributed by atoms with E-state index in [0.717, 1.165) is 22.6 Å². The third-order valence-corrected chi connectivity index (χ3v) is 6.16. The van der Waals surface area contributed by atoms with Gasteiger partial charge in [-0.25, -0.2) is 0 Å². The quantitative estimate of drug-likeness (QED) is 0.387. The van der Waals surface area contributed by atoms with Crippen molar-refractivity contribution in [3.63, 3.8) is 0 Å². The number of hydrogen-bond donors (Lipinski definition) is 1. The second kappa shape index (κ2) is 9.38. The van der Waals surface area contributed by atoms with Crippen molar-refractivity contribution in [1.29, 1.82) is 0 Å². The largest absolute Gasteiger partial charge is 0.493 e. The number of thioether (sulfide) groups is 1. The molecule has 166 valence electrons. The van der Waals surface area contributed by atoms with Crippen LogP contribution in [0.25, 0.3) is 11.3 Å². The normalized spacial score (nSPS) is 14.2. The van der Waals surface area contributed by atoms with Gasteiger partial charge in [-0.1, -0.05) is 60.3 Å². The van der Waals surface area contributed by atoms with Crippen molar-refractivity contribution in [3.05, 3.63) is 83.9 Å². The lowest BCUT2D eigenvalue weighted by Crippen LogP contribution is -2.17. The van der Waals surface area contributed by atoms with Crippen LogP contribution < -0.4 is 19.5 Å². The molecule has 5 rings (SSSR count). The number of hydrogen-bond acceptors (Lipinski definition) is 8. The van der Waals surface area contributed by atoms with Gasteiger partial charge in [-0.15, -0.1) is 10.2 Å². The number of ether oxygens (including phenoxy) is 3. The Morgan fingerprint density at radius 3 is 2.52 bits per heavy atom. The van der Waals surface area contributed by atoms with E-state index >= 15 is 0 Å². The van der Waals surface area contributed by atoms with Gasteiger partial charge in [0.1, 0.15) is 0 Å². The average molecular weight is 459 g/mol. The third-order valence-electron chi connectivity index (χ3n) is 5.25. The molecular weight excluding hydrogens is 436 g/mol. The van der Waals surface area contributed by atoms with E-state index in [9.17, 15) is 0 Å². The highest BCUT2D eigenvalue weighted by atomic mass is 32.2. The first kappa shape index (κ1) is 21.1. The van der Waals surface area contributed by atoms with Gasteiger partial charge < -0.3 is 19.5 Å². The van der Waals surface area contributed by atoms with Crippen LogP contribution in [-0.4, -0.2) is 29.4 Å². The van der Waals surface area contributed by atoms with Crippen LogP contribution in [0.3, 0.4) is 0 Å². The molecule has 2 heterocycles. The van der Waals surface area contributed by atoms with Crippen LogP contribution in [0.4, 0.5) is 5.69 Å². The maximum absolute atomic E-state index is 6.36. The van der Waals surface area contributed by atoms with E-state index < -0.39 is 6.23 Å². The summed E-state index contributed by atoms with van der Waals surface area (Å²) in [6, 6.07) is 23.8. The fraction of sp³-hybridized carbons (Fsp3) is 0.160. The lowest BCUT2D eigenvalue weighted by atomic mass is 10.1. The van der Waals surface area contributed by atoms with E-state index in [-0.39, 0.29) is 0 Å². The van der Waals surface area contributed by atoms with Crippen LogP contribution in [0, 0.1) is 0 Å². The van der Waals surface area contributed by atoms with Crippen LogP contribution in [0.2, 0.25) is 0 Å². The fourth-order valence-corrected chi connectivity index (χ4v) is 4.33. The zero-order valence-corrected chi connectivity index (χ0v) is 19.0. The predicted molar refractivity (Wildman–Crippen MR) is 128 cm³/mol. The molecule has 4 aromatic rings. The predicted octanol–water partition coefficient (Wildman–Crippen LogP) is 5.35. The summed E-state index contributed by atoms with van der Waals surface area (Å²) in [5.74, 6) is 2.45. The number of anilines is 1. The Hall–Kier alpha value is -3.78. The summed E-state index contributed by atoms with van der Waals surface area (Å²) in [4.78, 5) is 4.71. The van der Waals surface area contributed by atoms with Crippen molar-refractivity contribution >= 4 is 17.4 Å². The molecule has 0 bridgehead atoms. The second-order valence-electron chi connectivity index (χ2n) is 7.32. The van der Waals surface area contributed by atoms with Crippen molar-refractivity contribution in [1.82, 2.24) is 15.2 Å². The van der Waals surface area contributed by atoms with E-state index in [0.29, 0.717) is 28.2 Å². The summed E-state index contributed by atoms with van der Waals surface area (Å²) in [6.45, 7) is 0.